The van der Waals surface area contributed by atoms with Gasteiger partial charge in [-0.25, -0.2) is 4.98 Å². The molecule has 1 heterocycles. The van der Waals surface area contributed by atoms with E-state index in [2.05, 4.69) is 40.7 Å². The maximum absolute atomic E-state index is 12.5. The predicted octanol–water partition coefficient (Wildman–Crippen LogP) is 4.92. The number of aryl methyl sites for hydroxylation is 1. The third-order valence-corrected chi connectivity index (χ3v) is 4.23. The number of ether oxygens (including phenoxy) is 1. The van der Waals surface area contributed by atoms with Crippen molar-refractivity contribution in [1.29, 1.82) is 0 Å². The molecule has 3 aromatic rings. The van der Waals surface area contributed by atoms with Gasteiger partial charge in [0.2, 0.25) is 0 Å². The molecule has 2 aromatic carbocycles. The number of carbonyl (C=O) groups is 1. The number of nitrogens with one attached hydrogen (secondary N) is 2. The van der Waals surface area contributed by atoms with Crippen LogP contribution in [0.1, 0.15) is 21.5 Å². The SMILES string of the molecule is COc1ccc(Cl)cc1NC(=O)c1ccc(NCc2cccc(C)c2)nc1. The average molecular weight is 382 g/mol. The fraction of sp³-hybridized carbons (Fsp3) is 0.143. The monoisotopic (exact) mass is 381 g/mol. The molecule has 27 heavy (non-hydrogen) atoms. The van der Waals surface area contributed by atoms with Gasteiger partial charge in [-0.1, -0.05) is 41.4 Å². The van der Waals surface area contributed by atoms with E-state index in [9.17, 15) is 4.79 Å². The highest BCUT2D eigenvalue weighted by atomic mass is 35.5. The summed E-state index contributed by atoms with van der Waals surface area (Å²) in [6.07, 6.45) is 1.53. The number of aromatic nitrogens is 1. The van der Waals surface area contributed by atoms with Gasteiger partial charge in [-0.15, -0.1) is 0 Å². The minimum Gasteiger partial charge on any atom is -0.495 e. The summed E-state index contributed by atoms with van der Waals surface area (Å²) in [7, 11) is 1.54. The Balaban J connectivity index is 1.64. The van der Waals surface area contributed by atoms with Crippen LogP contribution in [0.4, 0.5) is 11.5 Å². The van der Waals surface area contributed by atoms with E-state index in [0.717, 1.165) is 0 Å². The molecular weight excluding hydrogens is 362 g/mol. The maximum Gasteiger partial charge on any atom is 0.257 e. The lowest BCUT2D eigenvalue weighted by atomic mass is 10.1. The Kier molecular flexibility index (Phi) is 5.94. The molecule has 5 nitrogen and oxygen atoms in total. The van der Waals surface area contributed by atoms with Gasteiger partial charge in [0.05, 0.1) is 18.4 Å². The normalized spacial score (nSPS) is 10.3. The first kappa shape index (κ1) is 18.7. The highest BCUT2D eigenvalue weighted by Crippen LogP contribution is 2.28. The zero-order valence-electron chi connectivity index (χ0n) is 15.1. The number of benzene rings is 2. The Labute approximate surface area is 163 Å². The summed E-state index contributed by atoms with van der Waals surface area (Å²) >= 11 is 5.99. The molecule has 138 valence electrons. The van der Waals surface area contributed by atoms with Crippen molar-refractivity contribution in [3.8, 4) is 5.75 Å². The highest BCUT2D eigenvalue weighted by Gasteiger charge is 2.11. The topological polar surface area (TPSA) is 63.2 Å². The molecule has 0 bridgehead atoms. The van der Waals surface area contributed by atoms with Gasteiger partial charge in [0, 0.05) is 17.8 Å². The summed E-state index contributed by atoms with van der Waals surface area (Å²) in [5.74, 6) is 0.957. The van der Waals surface area contributed by atoms with Crippen LogP contribution in [0.15, 0.2) is 60.8 Å². The third-order valence-electron chi connectivity index (χ3n) is 3.99. The van der Waals surface area contributed by atoms with Crippen molar-refractivity contribution in [1.82, 2.24) is 4.98 Å². The minimum atomic E-state index is -0.284. The van der Waals surface area contributed by atoms with Crippen LogP contribution >= 0.6 is 11.6 Å². The van der Waals surface area contributed by atoms with Gasteiger partial charge in [-0.3, -0.25) is 4.79 Å². The number of methoxy groups -OCH3 is 1. The fourth-order valence-electron chi connectivity index (χ4n) is 2.62. The Morgan fingerprint density at radius 2 is 2.00 bits per heavy atom. The second kappa shape index (κ2) is 8.56. The van der Waals surface area contributed by atoms with E-state index in [-0.39, 0.29) is 5.91 Å². The zero-order valence-corrected chi connectivity index (χ0v) is 15.9. The molecule has 1 aromatic heterocycles. The number of hydrogen-bond donors (Lipinski definition) is 2. The average Bonchev–Trinajstić information content (AvgIpc) is 2.67. The summed E-state index contributed by atoms with van der Waals surface area (Å²) in [5, 5.41) is 6.56. The lowest BCUT2D eigenvalue weighted by Gasteiger charge is -2.11. The largest absolute Gasteiger partial charge is 0.495 e. The van der Waals surface area contributed by atoms with Crippen molar-refractivity contribution in [3.05, 3.63) is 82.5 Å². The van der Waals surface area contributed by atoms with E-state index >= 15 is 0 Å². The summed E-state index contributed by atoms with van der Waals surface area (Å²) in [6.45, 7) is 2.73. The van der Waals surface area contributed by atoms with Gasteiger partial charge in [-0.2, -0.15) is 0 Å². The predicted molar refractivity (Wildman–Crippen MR) is 109 cm³/mol. The number of halogens is 1. The maximum atomic E-state index is 12.5. The second-order valence-corrected chi connectivity index (χ2v) is 6.51. The van der Waals surface area contributed by atoms with E-state index in [1.54, 1.807) is 30.3 Å². The molecule has 0 aliphatic rings. The molecule has 0 unspecified atom stereocenters. The van der Waals surface area contributed by atoms with Gasteiger partial charge in [-0.05, 0) is 42.8 Å². The van der Waals surface area contributed by atoms with Crippen molar-refractivity contribution in [2.75, 3.05) is 17.7 Å². The van der Waals surface area contributed by atoms with Crippen LogP contribution in [0.5, 0.6) is 5.75 Å². The summed E-state index contributed by atoms with van der Waals surface area (Å²) in [4.78, 5) is 16.8. The lowest BCUT2D eigenvalue weighted by molar-refractivity contribution is 0.102. The number of amides is 1. The number of rotatable bonds is 6. The summed E-state index contributed by atoms with van der Waals surface area (Å²) in [5.41, 5.74) is 3.34. The zero-order chi connectivity index (χ0) is 19.2. The number of carbonyl (C=O) groups excluding carboxylic acids is 1. The minimum absolute atomic E-state index is 0.284. The van der Waals surface area contributed by atoms with Crippen LogP contribution in [0.2, 0.25) is 5.02 Å². The van der Waals surface area contributed by atoms with Crippen molar-refractivity contribution in [2.24, 2.45) is 0 Å². The Hall–Kier alpha value is -3.05. The molecule has 2 N–H and O–H groups in total. The molecular formula is C21H20ClN3O2. The van der Waals surface area contributed by atoms with Gasteiger partial charge < -0.3 is 15.4 Å². The molecule has 0 atom stereocenters. The first-order valence-corrected chi connectivity index (χ1v) is 8.83. The Morgan fingerprint density at radius 1 is 1.15 bits per heavy atom. The molecule has 1 amide bonds. The van der Waals surface area contributed by atoms with E-state index < -0.39 is 0 Å². The standard InChI is InChI=1S/C21H20ClN3O2/c1-14-4-3-5-15(10-14)12-23-20-9-6-16(13-24-20)21(26)25-18-11-17(22)7-8-19(18)27-2/h3-11,13H,12H2,1-2H3,(H,23,24)(H,25,26). The highest BCUT2D eigenvalue weighted by molar-refractivity contribution is 6.31. The van der Waals surface area contributed by atoms with E-state index in [1.165, 1.54) is 24.4 Å². The van der Waals surface area contributed by atoms with Gasteiger partial charge in [0.25, 0.3) is 5.91 Å². The van der Waals surface area contributed by atoms with Gasteiger partial charge in [0.15, 0.2) is 0 Å². The van der Waals surface area contributed by atoms with Crippen molar-refractivity contribution in [3.63, 3.8) is 0 Å². The smallest absolute Gasteiger partial charge is 0.257 e. The molecule has 0 spiro atoms. The van der Waals surface area contributed by atoms with Crippen LogP contribution in [0.25, 0.3) is 0 Å². The molecule has 0 aliphatic heterocycles. The lowest BCUT2D eigenvalue weighted by Crippen LogP contribution is -2.13. The molecule has 6 heteroatoms. The van der Waals surface area contributed by atoms with Crippen LogP contribution < -0.4 is 15.4 Å². The number of hydrogen-bond acceptors (Lipinski definition) is 4. The molecule has 3 rings (SSSR count). The molecule has 0 saturated carbocycles. The van der Waals surface area contributed by atoms with Gasteiger partial charge >= 0.3 is 0 Å². The van der Waals surface area contributed by atoms with E-state index in [4.69, 9.17) is 16.3 Å². The van der Waals surface area contributed by atoms with Crippen LogP contribution in [0, 0.1) is 6.92 Å². The number of pyridine rings is 1. The first-order valence-electron chi connectivity index (χ1n) is 8.45. The Bertz CT molecular complexity index is 942. The van der Waals surface area contributed by atoms with Crippen molar-refractivity contribution >= 4 is 29.0 Å². The number of anilines is 2. The van der Waals surface area contributed by atoms with E-state index in [0.29, 0.717) is 34.4 Å². The summed E-state index contributed by atoms with van der Waals surface area (Å²) in [6, 6.07) is 16.8. The Morgan fingerprint density at radius 3 is 2.70 bits per heavy atom. The molecule has 0 saturated heterocycles. The number of nitrogens with zero attached hydrogens (tertiary/aromatic N) is 1. The molecule has 0 radical (unpaired) electrons. The van der Waals surface area contributed by atoms with Crippen molar-refractivity contribution < 1.29 is 9.53 Å². The fourth-order valence-corrected chi connectivity index (χ4v) is 2.79. The van der Waals surface area contributed by atoms with Crippen LogP contribution in [-0.2, 0) is 6.54 Å². The molecule has 0 aliphatic carbocycles. The second-order valence-electron chi connectivity index (χ2n) is 6.07. The first-order chi connectivity index (χ1) is 13.0. The van der Waals surface area contributed by atoms with Crippen LogP contribution in [-0.4, -0.2) is 18.0 Å². The van der Waals surface area contributed by atoms with Gasteiger partial charge in [0.1, 0.15) is 11.6 Å². The quantitative estimate of drug-likeness (QED) is 0.636. The van der Waals surface area contributed by atoms with E-state index in [1.807, 2.05) is 6.07 Å². The summed E-state index contributed by atoms with van der Waals surface area (Å²) < 4.78 is 5.24. The molecule has 0 fully saturated rings. The van der Waals surface area contributed by atoms with Crippen LogP contribution in [0.3, 0.4) is 0 Å². The third kappa shape index (κ3) is 4.99. The van der Waals surface area contributed by atoms with Crippen molar-refractivity contribution in [2.45, 2.75) is 13.5 Å².